The van der Waals surface area contributed by atoms with Gasteiger partial charge in [0.25, 0.3) is 5.91 Å². The van der Waals surface area contributed by atoms with Crippen LogP contribution in [0.5, 0.6) is 0 Å². The summed E-state index contributed by atoms with van der Waals surface area (Å²) in [5.41, 5.74) is 2.25. The van der Waals surface area contributed by atoms with Gasteiger partial charge in [-0.2, -0.15) is 0 Å². The van der Waals surface area contributed by atoms with E-state index in [-0.39, 0.29) is 5.91 Å². The first-order valence-electron chi connectivity index (χ1n) is 9.52. The largest absolute Gasteiger partial charge is 0.463 e. The van der Waals surface area contributed by atoms with Gasteiger partial charge in [0.1, 0.15) is 5.69 Å². The Bertz CT molecular complexity index is 896. The molecule has 1 aliphatic carbocycles. The zero-order valence-corrected chi connectivity index (χ0v) is 15.1. The number of carbonyl (C=O) groups is 1. The molecule has 4 heteroatoms. The van der Waals surface area contributed by atoms with Crippen LogP contribution in [0.15, 0.2) is 53.1 Å². The van der Waals surface area contributed by atoms with Crippen LogP contribution in [0, 0.1) is 0 Å². The lowest BCUT2D eigenvalue weighted by molar-refractivity contribution is 0.0650. The molecular weight excluding hydrogens is 324 g/mol. The number of aromatic nitrogens is 1. The molecule has 0 spiro atoms. The Morgan fingerprint density at radius 1 is 1.15 bits per heavy atom. The highest BCUT2D eigenvalue weighted by atomic mass is 16.3. The van der Waals surface area contributed by atoms with Crippen molar-refractivity contribution in [2.75, 3.05) is 6.54 Å². The summed E-state index contributed by atoms with van der Waals surface area (Å²) < 4.78 is 5.52. The Hall–Kier alpha value is -2.62. The maximum absolute atomic E-state index is 13.5. The van der Waals surface area contributed by atoms with Gasteiger partial charge in [0.05, 0.1) is 17.3 Å². The molecule has 26 heavy (non-hydrogen) atoms. The lowest BCUT2D eigenvalue weighted by atomic mass is 9.93. The van der Waals surface area contributed by atoms with Crippen LogP contribution < -0.4 is 0 Å². The lowest BCUT2D eigenvalue weighted by Gasteiger charge is -2.34. The van der Waals surface area contributed by atoms with Crippen molar-refractivity contribution < 1.29 is 9.21 Å². The number of carbonyl (C=O) groups excluding carboxylic acids is 1. The predicted molar refractivity (Wildman–Crippen MR) is 103 cm³/mol. The van der Waals surface area contributed by atoms with Crippen LogP contribution in [-0.4, -0.2) is 28.4 Å². The third-order valence-electron chi connectivity index (χ3n) is 5.34. The highest BCUT2D eigenvalue weighted by molar-refractivity contribution is 6.07. The molecular formula is C22H24N2O2. The van der Waals surface area contributed by atoms with Crippen molar-refractivity contribution in [3.63, 3.8) is 0 Å². The maximum Gasteiger partial charge on any atom is 0.254 e. The number of fused-ring (bicyclic) bond motifs is 1. The monoisotopic (exact) mass is 348 g/mol. The van der Waals surface area contributed by atoms with E-state index in [1.807, 2.05) is 47.4 Å². The summed E-state index contributed by atoms with van der Waals surface area (Å²) in [7, 11) is 0. The zero-order chi connectivity index (χ0) is 17.9. The second kappa shape index (κ2) is 7.32. The number of nitrogens with zero attached hydrogens (tertiary/aromatic N) is 2. The fourth-order valence-electron chi connectivity index (χ4n) is 4.02. The maximum atomic E-state index is 13.5. The van der Waals surface area contributed by atoms with Gasteiger partial charge in [-0.1, -0.05) is 37.5 Å². The summed E-state index contributed by atoms with van der Waals surface area (Å²) in [6.45, 7) is 2.81. The van der Waals surface area contributed by atoms with Crippen molar-refractivity contribution in [3.05, 3.63) is 54.3 Å². The Labute approximate surface area is 153 Å². The van der Waals surface area contributed by atoms with Crippen LogP contribution in [0.2, 0.25) is 0 Å². The molecule has 0 unspecified atom stereocenters. The first kappa shape index (κ1) is 16.8. The summed E-state index contributed by atoms with van der Waals surface area (Å²) in [6.07, 6.45) is 7.55. The molecule has 0 aliphatic heterocycles. The number of para-hydroxylation sites is 1. The van der Waals surface area contributed by atoms with Crippen LogP contribution in [0.1, 0.15) is 49.4 Å². The van der Waals surface area contributed by atoms with Gasteiger partial charge < -0.3 is 9.32 Å². The van der Waals surface area contributed by atoms with Gasteiger partial charge in [-0.05, 0) is 44.0 Å². The van der Waals surface area contributed by atoms with E-state index in [0.29, 0.717) is 17.5 Å². The Morgan fingerprint density at radius 3 is 2.69 bits per heavy atom. The summed E-state index contributed by atoms with van der Waals surface area (Å²) in [6, 6.07) is 13.8. The van der Waals surface area contributed by atoms with E-state index >= 15 is 0 Å². The van der Waals surface area contributed by atoms with E-state index in [1.165, 1.54) is 19.3 Å². The van der Waals surface area contributed by atoms with E-state index < -0.39 is 0 Å². The molecule has 0 atom stereocenters. The van der Waals surface area contributed by atoms with Crippen molar-refractivity contribution in [3.8, 4) is 11.5 Å². The Kier molecular flexibility index (Phi) is 4.74. The minimum absolute atomic E-state index is 0.103. The minimum Gasteiger partial charge on any atom is -0.463 e. The Morgan fingerprint density at radius 2 is 1.96 bits per heavy atom. The van der Waals surface area contributed by atoms with Crippen LogP contribution in [0.25, 0.3) is 22.4 Å². The fraction of sp³-hybridized carbons (Fsp3) is 0.364. The zero-order valence-electron chi connectivity index (χ0n) is 15.1. The van der Waals surface area contributed by atoms with Gasteiger partial charge >= 0.3 is 0 Å². The molecule has 1 aliphatic rings. The first-order chi connectivity index (χ1) is 12.8. The van der Waals surface area contributed by atoms with Crippen LogP contribution in [-0.2, 0) is 0 Å². The van der Waals surface area contributed by atoms with E-state index in [9.17, 15) is 4.79 Å². The van der Waals surface area contributed by atoms with E-state index in [2.05, 4.69) is 6.92 Å². The van der Waals surface area contributed by atoms with Crippen molar-refractivity contribution >= 4 is 16.8 Å². The average molecular weight is 348 g/mol. The molecule has 3 aromatic rings. The molecule has 0 N–H and O–H groups in total. The smallest absolute Gasteiger partial charge is 0.254 e. The van der Waals surface area contributed by atoms with Crippen molar-refractivity contribution in [1.82, 2.24) is 9.88 Å². The van der Waals surface area contributed by atoms with Gasteiger partial charge in [-0.3, -0.25) is 4.79 Å². The molecule has 1 fully saturated rings. The highest BCUT2D eigenvalue weighted by Crippen LogP contribution is 2.29. The number of amides is 1. The van der Waals surface area contributed by atoms with E-state index in [4.69, 9.17) is 9.40 Å². The van der Waals surface area contributed by atoms with Crippen molar-refractivity contribution in [1.29, 1.82) is 0 Å². The standard InChI is InChI=1S/C22H24N2O2/c1-2-24(16-9-4-3-5-10-16)22(25)18-15-20(21-13-8-14-26-21)23-19-12-7-6-11-17(18)19/h6-8,11-16H,2-5,9-10H2,1H3. The number of furan rings is 1. The first-order valence-corrected chi connectivity index (χ1v) is 9.52. The van der Waals surface area contributed by atoms with E-state index in [0.717, 1.165) is 35.9 Å². The highest BCUT2D eigenvalue weighted by Gasteiger charge is 2.26. The summed E-state index contributed by atoms with van der Waals surface area (Å²) in [5.74, 6) is 0.788. The second-order valence-corrected chi connectivity index (χ2v) is 6.93. The van der Waals surface area contributed by atoms with Gasteiger partial charge in [0.2, 0.25) is 0 Å². The topological polar surface area (TPSA) is 46.3 Å². The van der Waals surface area contributed by atoms with Crippen LogP contribution in [0.3, 0.4) is 0 Å². The van der Waals surface area contributed by atoms with Crippen molar-refractivity contribution in [2.24, 2.45) is 0 Å². The lowest BCUT2D eigenvalue weighted by Crippen LogP contribution is -2.41. The molecule has 0 radical (unpaired) electrons. The quantitative estimate of drug-likeness (QED) is 0.643. The molecule has 1 amide bonds. The third-order valence-corrected chi connectivity index (χ3v) is 5.34. The Balaban J connectivity index is 1.79. The van der Waals surface area contributed by atoms with Crippen LogP contribution >= 0.6 is 0 Å². The molecule has 1 saturated carbocycles. The number of hydrogen-bond acceptors (Lipinski definition) is 3. The predicted octanol–water partition coefficient (Wildman–Crippen LogP) is 5.29. The molecule has 4 rings (SSSR count). The molecule has 0 bridgehead atoms. The fourth-order valence-corrected chi connectivity index (χ4v) is 4.02. The molecule has 0 saturated heterocycles. The summed E-state index contributed by atoms with van der Waals surface area (Å²) in [4.78, 5) is 20.2. The normalized spacial score (nSPS) is 15.3. The number of rotatable bonds is 4. The van der Waals surface area contributed by atoms with Gasteiger partial charge in [-0.15, -0.1) is 0 Å². The SMILES string of the molecule is CCN(C(=O)c1cc(-c2ccco2)nc2ccccc12)C1CCCCC1. The average Bonchev–Trinajstić information content (AvgIpc) is 3.23. The van der Waals surface area contributed by atoms with Gasteiger partial charge in [0, 0.05) is 18.0 Å². The molecule has 2 heterocycles. The summed E-state index contributed by atoms with van der Waals surface area (Å²) in [5, 5.41) is 0.905. The van der Waals surface area contributed by atoms with Gasteiger partial charge in [-0.25, -0.2) is 4.98 Å². The molecule has 1 aromatic carbocycles. The number of benzene rings is 1. The molecule has 4 nitrogen and oxygen atoms in total. The van der Waals surface area contributed by atoms with Gasteiger partial charge in [0.15, 0.2) is 5.76 Å². The van der Waals surface area contributed by atoms with Crippen LogP contribution in [0.4, 0.5) is 0 Å². The molecule has 134 valence electrons. The minimum atomic E-state index is 0.103. The van der Waals surface area contributed by atoms with E-state index in [1.54, 1.807) is 6.26 Å². The number of hydrogen-bond donors (Lipinski definition) is 0. The number of pyridine rings is 1. The summed E-state index contributed by atoms with van der Waals surface area (Å²) >= 11 is 0. The third kappa shape index (κ3) is 3.12. The van der Waals surface area contributed by atoms with Crippen molar-refractivity contribution in [2.45, 2.75) is 45.1 Å². The second-order valence-electron chi connectivity index (χ2n) is 6.93. The molecule has 2 aromatic heterocycles.